The molecule has 1 aliphatic carbocycles. The minimum Gasteiger partial charge on any atom is -0.296 e. The van der Waals surface area contributed by atoms with Gasteiger partial charge in [0.05, 0.1) is 0 Å². The van der Waals surface area contributed by atoms with E-state index < -0.39 is 15.5 Å². The van der Waals surface area contributed by atoms with Crippen molar-refractivity contribution < 1.29 is 13.0 Å². The van der Waals surface area contributed by atoms with Gasteiger partial charge in [-0.05, 0) is 19.3 Å². The summed E-state index contributed by atoms with van der Waals surface area (Å²) < 4.78 is 30.8. The first-order chi connectivity index (χ1) is 6.54. The van der Waals surface area contributed by atoms with E-state index in [9.17, 15) is 8.42 Å². The van der Waals surface area contributed by atoms with Gasteiger partial charge in [0, 0.05) is 6.04 Å². The quantitative estimate of drug-likeness (QED) is 0.707. The van der Waals surface area contributed by atoms with E-state index in [-0.39, 0.29) is 6.04 Å². The van der Waals surface area contributed by atoms with Crippen LogP contribution in [0.2, 0.25) is 0 Å². The maximum Gasteiger partial charge on any atom is 0.281 e. The topological polar surface area (TPSA) is 66.4 Å². The summed E-state index contributed by atoms with van der Waals surface area (Å²) in [5.74, 6) is 0. The lowest BCUT2D eigenvalue weighted by atomic mass is 9.95. The van der Waals surface area contributed by atoms with Crippen LogP contribution in [0.1, 0.15) is 45.4 Å². The first-order valence-electron chi connectivity index (χ1n) is 5.26. The molecule has 84 valence electrons. The minimum atomic E-state index is -3.93. The van der Waals surface area contributed by atoms with Crippen molar-refractivity contribution in [2.24, 2.45) is 0 Å². The molecule has 5 heteroatoms. The summed E-state index contributed by atoms with van der Waals surface area (Å²) in [6.07, 6.45) is 5.99. The molecule has 2 N–H and O–H groups in total. The number of rotatable bonds is 4. The molecule has 0 amide bonds. The van der Waals surface area contributed by atoms with Crippen molar-refractivity contribution in [1.82, 2.24) is 5.32 Å². The van der Waals surface area contributed by atoms with Crippen LogP contribution in [0.5, 0.6) is 0 Å². The smallest absolute Gasteiger partial charge is 0.281 e. The summed E-state index contributed by atoms with van der Waals surface area (Å²) in [5.41, 5.74) is 0. The Hall–Kier alpha value is -0.130. The lowest BCUT2D eigenvalue weighted by Gasteiger charge is -2.26. The molecule has 1 saturated carbocycles. The van der Waals surface area contributed by atoms with E-state index in [2.05, 4.69) is 5.32 Å². The SMILES string of the molecule is CCC(NC1CCCCC1)S(=O)(=O)O. The van der Waals surface area contributed by atoms with E-state index in [1.807, 2.05) is 0 Å². The van der Waals surface area contributed by atoms with E-state index >= 15 is 0 Å². The third-order valence-corrected chi connectivity index (χ3v) is 3.95. The van der Waals surface area contributed by atoms with Crippen molar-refractivity contribution >= 4 is 10.1 Å². The van der Waals surface area contributed by atoms with Crippen molar-refractivity contribution in [1.29, 1.82) is 0 Å². The normalized spacial score (nSPS) is 22.1. The van der Waals surface area contributed by atoms with Gasteiger partial charge in [0.1, 0.15) is 5.37 Å². The first-order valence-corrected chi connectivity index (χ1v) is 6.76. The molecule has 0 aromatic carbocycles. The van der Waals surface area contributed by atoms with Crippen molar-refractivity contribution in [3.8, 4) is 0 Å². The van der Waals surface area contributed by atoms with Crippen molar-refractivity contribution in [2.45, 2.75) is 56.9 Å². The Bertz CT molecular complexity index is 257. The van der Waals surface area contributed by atoms with Gasteiger partial charge in [-0.25, -0.2) is 0 Å². The third kappa shape index (κ3) is 3.55. The van der Waals surface area contributed by atoms with Crippen LogP contribution in [0.4, 0.5) is 0 Å². The largest absolute Gasteiger partial charge is 0.296 e. The van der Waals surface area contributed by atoms with E-state index in [0.29, 0.717) is 6.42 Å². The lowest BCUT2D eigenvalue weighted by molar-refractivity contribution is 0.348. The molecule has 1 rings (SSSR count). The van der Waals surface area contributed by atoms with Gasteiger partial charge < -0.3 is 0 Å². The average Bonchev–Trinajstić information content (AvgIpc) is 2.14. The van der Waals surface area contributed by atoms with E-state index in [1.54, 1.807) is 6.92 Å². The number of hydrogen-bond acceptors (Lipinski definition) is 3. The summed E-state index contributed by atoms with van der Waals surface area (Å²) in [5, 5.41) is 2.22. The van der Waals surface area contributed by atoms with Crippen LogP contribution in [0.15, 0.2) is 0 Å². The van der Waals surface area contributed by atoms with Crippen LogP contribution in [0, 0.1) is 0 Å². The molecule has 1 fully saturated rings. The summed E-state index contributed by atoms with van der Waals surface area (Å²) in [4.78, 5) is 0. The van der Waals surface area contributed by atoms with Crippen molar-refractivity contribution in [2.75, 3.05) is 0 Å². The highest BCUT2D eigenvalue weighted by Crippen LogP contribution is 2.18. The van der Waals surface area contributed by atoms with Gasteiger partial charge in [-0.1, -0.05) is 26.2 Å². The molecular formula is C9H19NO3S. The Morgan fingerprint density at radius 3 is 2.36 bits per heavy atom. The van der Waals surface area contributed by atoms with Gasteiger partial charge >= 0.3 is 0 Å². The Balaban J connectivity index is 2.47. The fourth-order valence-electron chi connectivity index (χ4n) is 1.95. The van der Waals surface area contributed by atoms with Gasteiger partial charge in [0.15, 0.2) is 0 Å². The molecule has 0 radical (unpaired) electrons. The van der Waals surface area contributed by atoms with E-state index in [4.69, 9.17) is 4.55 Å². The summed E-state index contributed by atoms with van der Waals surface area (Å²) in [7, 11) is -3.93. The van der Waals surface area contributed by atoms with Crippen molar-refractivity contribution in [3.05, 3.63) is 0 Å². The Morgan fingerprint density at radius 2 is 1.93 bits per heavy atom. The first kappa shape index (κ1) is 11.9. The molecule has 1 atom stereocenters. The van der Waals surface area contributed by atoms with E-state index in [0.717, 1.165) is 25.7 Å². The van der Waals surface area contributed by atoms with Crippen LogP contribution < -0.4 is 5.32 Å². The zero-order valence-electron chi connectivity index (χ0n) is 8.57. The van der Waals surface area contributed by atoms with Gasteiger partial charge in [-0.2, -0.15) is 8.42 Å². The lowest BCUT2D eigenvalue weighted by Crippen LogP contribution is -2.43. The molecule has 0 bridgehead atoms. The van der Waals surface area contributed by atoms with Gasteiger partial charge in [-0.3, -0.25) is 9.87 Å². The van der Waals surface area contributed by atoms with Gasteiger partial charge in [-0.15, -0.1) is 0 Å². The molecule has 14 heavy (non-hydrogen) atoms. The second-order valence-corrected chi connectivity index (χ2v) is 5.51. The maximum atomic E-state index is 10.9. The average molecular weight is 221 g/mol. The van der Waals surface area contributed by atoms with Crippen LogP contribution in [-0.4, -0.2) is 24.4 Å². The van der Waals surface area contributed by atoms with Gasteiger partial charge in [0.2, 0.25) is 0 Å². The highest BCUT2D eigenvalue weighted by atomic mass is 32.2. The summed E-state index contributed by atoms with van der Waals surface area (Å²) in [6, 6.07) is 0.260. The molecule has 0 aromatic heterocycles. The molecule has 0 heterocycles. The summed E-state index contributed by atoms with van der Waals surface area (Å²) in [6.45, 7) is 1.76. The molecule has 0 aromatic rings. The summed E-state index contributed by atoms with van der Waals surface area (Å²) >= 11 is 0. The fourth-order valence-corrected chi connectivity index (χ4v) is 2.73. The molecular weight excluding hydrogens is 202 g/mol. The van der Waals surface area contributed by atoms with Crippen LogP contribution in [0.3, 0.4) is 0 Å². The Labute approximate surface area is 85.8 Å². The zero-order valence-corrected chi connectivity index (χ0v) is 9.39. The molecule has 0 saturated heterocycles. The molecule has 0 aliphatic heterocycles. The molecule has 4 nitrogen and oxygen atoms in total. The van der Waals surface area contributed by atoms with Crippen molar-refractivity contribution in [3.63, 3.8) is 0 Å². The zero-order chi connectivity index (χ0) is 10.6. The third-order valence-electron chi connectivity index (χ3n) is 2.76. The predicted molar refractivity (Wildman–Crippen MR) is 55.6 cm³/mol. The predicted octanol–water partition coefficient (Wildman–Crippen LogP) is 1.53. The van der Waals surface area contributed by atoms with Crippen LogP contribution in [-0.2, 0) is 10.1 Å². The number of hydrogen-bond donors (Lipinski definition) is 2. The number of nitrogens with one attached hydrogen (secondary N) is 1. The monoisotopic (exact) mass is 221 g/mol. The second kappa shape index (κ2) is 5.09. The Morgan fingerprint density at radius 1 is 1.36 bits per heavy atom. The molecule has 0 spiro atoms. The van der Waals surface area contributed by atoms with Gasteiger partial charge in [0.25, 0.3) is 10.1 Å². The minimum absolute atomic E-state index is 0.260. The second-order valence-electron chi connectivity index (χ2n) is 3.91. The molecule has 1 aliphatic rings. The van der Waals surface area contributed by atoms with Crippen LogP contribution in [0.25, 0.3) is 0 Å². The standard InChI is InChI=1S/C9H19NO3S/c1-2-9(14(11,12)13)10-8-6-4-3-5-7-8/h8-10H,2-7H2,1H3,(H,11,12,13). The molecule has 1 unspecified atom stereocenters. The fraction of sp³-hybridized carbons (Fsp3) is 1.00. The van der Waals surface area contributed by atoms with Crippen LogP contribution >= 0.6 is 0 Å². The highest BCUT2D eigenvalue weighted by molar-refractivity contribution is 7.86. The maximum absolute atomic E-state index is 10.9. The Kier molecular flexibility index (Phi) is 4.34. The highest BCUT2D eigenvalue weighted by Gasteiger charge is 2.24. The van der Waals surface area contributed by atoms with E-state index in [1.165, 1.54) is 6.42 Å².